The smallest absolute Gasteiger partial charge is 0.0343 e. The maximum atomic E-state index is 3.68. The molecule has 0 aromatic carbocycles. The summed E-state index contributed by atoms with van der Waals surface area (Å²) >= 11 is 5.56. The first-order valence-corrected chi connectivity index (χ1v) is 9.15. The zero-order valence-corrected chi connectivity index (χ0v) is 14.0. The van der Waals surface area contributed by atoms with Crippen molar-refractivity contribution in [1.82, 2.24) is 9.80 Å². The Kier molecular flexibility index (Phi) is 4.62. The lowest BCUT2D eigenvalue weighted by Gasteiger charge is -2.48. The molecule has 19 heavy (non-hydrogen) atoms. The van der Waals surface area contributed by atoms with E-state index in [-0.39, 0.29) is 0 Å². The monoisotopic (exact) mass is 342 g/mol. The van der Waals surface area contributed by atoms with E-state index >= 15 is 0 Å². The predicted octanol–water partition coefficient (Wildman–Crippen LogP) is 3.96. The zero-order valence-electron chi connectivity index (χ0n) is 11.6. The third-order valence-corrected chi connectivity index (χ3v) is 6.58. The van der Waals surface area contributed by atoms with Crippen LogP contribution in [-0.2, 0) is 6.54 Å². The average Bonchev–Trinajstić information content (AvgIpc) is 2.83. The molecule has 0 saturated carbocycles. The van der Waals surface area contributed by atoms with Crippen LogP contribution in [0.15, 0.2) is 15.9 Å². The normalized spacial score (nSPS) is 29.4. The molecule has 3 heterocycles. The lowest BCUT2D eigenvalue weighted by molar-refractivity contribution is 0.00368. The zero-order chi connectivity index (χ0) is 13.2. The second-order valence-corrected chi connectivity index (χ2v) is 7.68. The van der Waals surface area contributed by atoms with Gasteiger partial charge in [-0.2, -0.15) is 0 Å². The Morgan fingerprint density at radius 2 is 2.26 bits per heavy atom. The van der Waals surface area contributed by atoms with Gasteiger partial charge in [0, 0.05) is 41.1 Å². The highest BCUT2D eigenvalue weighted by atomic mass is 79.9. The summed E-state index contributed by atoms with van der Waals surface area (Å²) < 4.78 is 1.29. The van der Waals surface area contributed by atoms with Crippen LogP contribution in [0.25, 0.3) is 0 Å². The SMILES string of the molecule is CCC1CN2CCCCC2CN1Cc1sccc1Br. The summed E-state index contributed by atoms with van der Waals surface area (Å²) in [6, 6.07) is 3.73. The van der Waals surface area contributed by atoms with Crippen molar-refractivity contribution in [3.63, 3.8) is 0 Å². The largest absolute Gasteiger partial charge is 0.298 e. The van der Waals surface area contributed by atoms with E-state index in [4.69, 9.17) is 0 Å². The van der Waals surface area contributed by atoms with Crippen LogP contribution < -0.4 is 0 Å². The van der Waals surface area contributed by atoms with Gasteiger partial charge in [-0.05, 0) is 53.2 Å². The van der Waals surface area contributed by atoms with Crippen LogP contribution in [0.4, 0.5) is 0 Å². The highest BCUT2D eigenvalue weighted by molar-refractivity contribution is 9.10. The Hall–Kier alpha value is 0.100. The molecule has 106 valence electrons. The lowest BCUT2D eigenvalue weighted by Crippen LogP contribution is -2.58. The molecule has 0 radical (unpaired) electrons. The number of hydrogen-bond acceptors (Lipinski definition) is 3. The number of piperazine rings is 1. The molecule has 2 aliphatic rings. The van der Waals surface area contributed by atoms with E-state index in [1.165, 1.54) is 54.7 Å². The number of halogens is 1. The van der Waals surface area contributed by atoms with Gasteiger partial charge in [0.2, 0.25) is 0 Å². The van der Waals surface area contributed by atoms with E-state index in [0.29, 0.717) is 0 Å². The van der Waals surface area contributed by atoms with Gasteiger partial charge in [-0.15, -0.1) is 11.3 Å². The van der Waals surface area contributed by atoms with Gasteiger partial charge in [0.25, 0.3) is 0 Å². The van der Waals surface area contributed by atoms with Gasteiger partial charge < -0.3 is 0 Å². The van der Waals surface area contributed by atoms with Crippen LogP contribution in [0.2, 0.25) is 0 Å². The van der Waals surface area contributed by atoms with Gasteiger partial charge in [-0.1, -0.05) is 13.3 Å². The Bertz CT molecular complexity index is 420. The lowest BCUT2D eigenvalue weighted by atomic mass is 9.96. The summed E-state index contributed by atoms with van der Waals surface area (Å²) in [7, 11) is 0. The molecule has 0 spiro atoms. The molecule has 3 rings (SSSR count). The van der Waals surface area contributed by atoms with Gasteiger partial charge >= 0.3 is 0 Å². The van der Waals surface area contributed by atoms with Crippen molar-refractivity contribution in [2.24, 2.45) is 0 Å². The van der Waals surface area contributed by atoms with Crippen molar-refractivity contribution in [3.8, 4) is 0 Å². The first-order chi connectivity index (χ1) is 9.28. The Balaban J connectivity index is 1.70. The van der Waals surface area contributed by atoms with Crippen LogP contribution >= 0.6 is 27.3 Å². The summed E-state index contributed by atoms with van der Waals surface area (Å²) in [6.45, 7) is 7.34. The van der Waals surface area contributed by atoms with Crippen molar-refractivity contribution >= 4 is 27.3 Å². The fourth-order valence-corrected chi connectivity index (χ4v) is 5.02. The van der Waals surface area contributed by atoms with E-state index in [1.54, 1.807) is 0 Å². The quantitative estimate of drug-likeness (QED) is 0.820. The molecule has 2 fully saturated rings. The molecule has 0 aliphatic carbocycles. The number of piperidine rings is 1. The average molecular weight is 343 g/mol. The molecule has 2 atom stereocenters. The van der Waals surface area contributed by atoms with Gasteiger partial charge in [0.15, 0.2) is 0 Å². The van der Waals surface area contributed by atoms with Crippen LogP contribution in [-0.4, -0.2) is 41.5 Å². The van der Waals surface area contributed by atoms with Crippen molar-refractivity contribution < 1.29 is 0 Å². The first-order valence-electron chi connectivity index (χ1n) is 7.48. The number of rotatable bonds is 3. The topological polar surface area (TPSA) is 6.48 Å². The van der Waals surface area contributed by atoms with Crippen LogP contribution in [0.5, 0.6) is 0 Å². The highest BCUT2D eigenvalue weighted by Gasteiger charge is 2.34. The van der Waals surface area contributed by atoms with Crippen molar-refractivity contribution in [3.05, 3.63) is 20.8 Å². The summed E-state index contributed by atoms with van der Waals surface area (Å²) in [5.41, 5.74) is 0. The maximum absolute atomic E-state index is 3.68. The predicted molar refractivity (Wildman–Crippen MR) is 85.7 cm³/mol. The standard InChI is InChI=1S/C15H23BrN2S/c1-2-12-9-17-7-4-3-5-13(17)10-18(12)11-15-14(16)6-8-19-15/h6,8,12-13H,2-5,7,9-11H2,1H3. The molecule has 1 aromatic heterocycles. The number of thiophene rings is 1. The summed E-state index contributed by atoms with van der Waals surface area (Å²) in [6.07, 6.45) is 5.50. The molecule has 2 nitrogen and oxygen atoms in total. The van der Waals surface area contributed by atoms with Crippen LogP contribution in [0, 0.1) is 0 Å². The highest BCUT2D eigenvalue weighted by Crippen LogP contribution is 2.30. The minimum Gasteiger partial charge on any atom is -0.298 e. The van der Waals surface area contributed by atoms with Crippen molar-refractivity contribution in [1.29, 1.82) is 0 Å². The molecular weight excluding hydrogens is 320 g/mol. The van der Waals surface area contributed by atoms with Crippen molar-refractivity contribution in [2.75, 3.05) is 19.6 Å². The van der Waals surface area contributed by atoms with E-state index in [9.17, 15) is 0 Å². The molecule has 0 bridgehead atoms. The van der Waals surface area contributed by atoms with Gasteiger partial charge in [-0.3, -0.25) is 9.80 Å². The number of nitrogens with zero attached hydrogens (tertiary/aromatic N) is 2. The fraction of sp³-hybridized carbons (Fsp3) is 0.733. The number of hydrogen-bond donors (Lipinski definition) is 0. The van der Waals surface area contributed by atoms with Crippen molar-refractivity contribution in [2.45, 2.75) is 51.2 Å². The third kappa shape index (κ3) is 3.07. The molecular formula is C15H23BrN2S. The summed E-state index contributed by atoms with van der Waals surface area (Å²) in [4.78, 5) is 6.96. The number of fused-ring (bicyclic) bond motifs is 1. The van der Waals surface area contributed by atoms with E-state index in [2.05, 4.69) is 44.1 Å². The Labute approximate surface area is 128 Å². The van der Waals surface area contributed by atoms with Crippen LogP contribution in [0.1, 0.15) is 37.5 Å². The molecule has 2 saturated heterocycles. The van der Waals surface area contributed by atoms with E-state index in [0.717, 1.165) is 18.6 Å². The Morgan fingerprint density at radius 3 is 3.00 bits per heavy atom. The molecule has 2 aliphatic heterocycles. The van der Waals surface area contributed by atoms with Crippen LogP contribution in [0.3, 0.4) is 0 Å². The first kappa shape index (κ1) is 14.1. The van der Waals surface area contributed by atoms with Gasteiger partial charge in [-0.25, -0.2) is 0 Å². The van der Waals surface area contributed by atoms with E-state index < -0.39 is 0 Å². The summed E-state index contributed by atoms with van der Waals surface area (Å²) in [5, 5.41) is 2.19. The molecule has 0 N–H and O–H groups in total. The molecule has 1 aromatic rings. The second-order valence-electron chi connectivity index (χ2n) is 5.83. The molecule has 2 unspecified atom stereocenters. The van der Waals surface area contributed by atoms with E-state index in [1.807, 2.05) is 11.3 Å². The minimum absolute atomic E-state index is 0.739. The van der Waals surface area contributed by atoms with Gasteiger partial charge in [0.05, 0.1) is 0 Å². The Morgan fingerprint density at radius 1 is 1.37 bits per heavy atom. The molecule has 0 amide bonds. The fourth-order valence-electron chi connectivity index (χ4n) is 3.52. The van der Waals surface area contributed by atoms with Gasteiger partial charge in [0.1, 0.15) is 0 Å². The second kappa shape index (κ2) is 6.25. The summed E-state index contributed by atoms with van der Waals surface area (Å²) in [5.74, 6) is 0. The molecule has 4 heteroatoms. The minimum atomic E-state index is 0.739. The maximum Gasteiger partial charge on any atom is 0.0343 e. The third-order valence-electron chi connectivity index (χ3n) is 4.66.